The largest absolute Gasteiger partial charge is 0.352 e. The molecule has 0 radical (unpaired) electrons. The second kappa shape index (κ2) is 7.11. The van der Waals surface area contributed by atoms with Gasteiger partial charge in [-0.05, 0) is 66.7 Å². The SMILES string of the molecule is CC(C)C(CNC(=O)c1ccc2c(c1)CCCC2)C(C)C. The molecular weight excluding hydrogens is 258 g/mol. The van der Waals surface area contributed by atoms with Gasteiger partial charge in [-0.1, -0.05) is 33.8 Å². The Bertz CT molecular complexity index is 482. The summed E-state index contributed by atoms with van der Waals surface area (Å²) in [5.74, 6) is 1.80. The number of rotatable bonds is 5. The molecule has 2 nitrogen and oxygen atoms in total. The van der Waals surface area contributed by atoms with E-state index >= 15 is 0 Å². The maximum absolute atomic E-state index is 12.4. The molecule has 1 aromatic carbocycles. The van der Waals surface area contributed by atoms with Gasteiger partial charge < -0.3 is 5.32 Å². The predicted molar refractivity (Wildman–Crippen MR) is 88.6 cm³/mol. The van der Waals surface area contributed by atoms with Gasteiger partial charge in [0.1, 0.15) is 0 Å². The van der Waals surface area contributed by atoms with Gasteiger partial charge in [0.15, 0.2) is 0 Å². The lowest BCUT2D eigenvalue weighted by molar-refractivity contribution is 0.0937. The number of nitrogens with one attached hydrogen (secondary N) is 1. The van der Waals surface area contributed by atoms with Gasteiger partial charge >= 0.3 is 0 Å². The highest BCUT2D eigenvalue weighted by atomic mass is 16.1. The molecule has 2 rings (SSSR count). The molecule has 21 heavy (non-hydrogen) atoms. The summed E-state index contributed by atoms with van der Waals surface area (Å²) in [7, 11) is 0. The van der Waals surface area contributed by atoms with Crippen LogP contribution in [0.25, 0.3) is 0 Å². The van der Waals surface area contributed by atoms with Crippen molar-refractivity contribution in [3.05, 3.63) is 34.9 Å². The van der Waals surface area contributed by atoms with E-state index in [2.05, 4.69) is 45.1 Å². The Morgan fingerprint density at radius 3 is 2.29 bits per heavy atom. The molecule has 1 aliphatic carbocycles. The van der Waals surface area contributed by atoms with Crippen molar-refractivity contribution in [3.63, 3.8) is 0 Å². The zero-order valence-electron chi connectivity index (χ0n) is 13.9. The number of carbonyl (C=O) groups excluding carboxylic acids is 1. The average Bonchev–Trinajstić information content (AvgIpc) is 2.46. The second-order valence-electron chi connectivity index (χ2n) is 7.05. The first kappa shape index (κ1) is 16.1. The standard InChI is InChI=1S/C19H29NO/c1-13(2)18(14(3)4)12-20-19(21)17-10-9-15-7-5-6-8-16(15)11-17/h9-11,13-14,18H,5-8,12H2,1-4H3,(H,20,21). The molecule has 1 aromatic rings. The fourth-order valence-electron chi connectivity index (χ4n) is 3.43. The first-order chi connectivity index (χ1) is 9.99. The van der Waals surface area contributed by atoms with Crippen LogP contribution in [0.1, 0.15) is 62.0 Å². The van der Waals surface area contributed by atoms with Gasteiger partial charge in [-0.3, -0.25) is 4.79 Å². The smallest absolute Gasteiger partial charge is 0.251 e. The van der Waals surface area contributed by atoms with Crippen molar-refractivity contribution >= 4 is 5.91 Å². The number of hydrogen-bond donors (Lipinski definition) is 1. The maximum Gasteiger partial charge on any atom is 0.251 e. The summed E-state index contributed by atoms with van der Waals surface area (Å²) in [6, 6.07) is 6.23. The highest BCUT2D eigenvalue weighted by Gasteiger charge is 2.19. The van der Waals surface area contributed by atoms with Crippen molar-refractivity contribution in [1.29, 1.82) is 0 Å². The average molecular weight is 287 g/mol. The summed E-state index contributed by atoms with van der Waals surface area (Å²) in [6.07, 6.45) is 4.82. The van der Waals surface area contributed by atoms with Crippen molar-refractivity contribution in [1.82, 2.24) is 5.32 Å². The second-order valence-corrected chi connectivity index (χ2v) is 7.05. The summed E-state index contributed by atoms with van der Waals surface area (Å²) < 4.78 is 0. The van der Waals surface area contributed by atoms with Gasteiger partial charge in [0.25, 0.3) is 5.91 Å². The van der Waals surface area contributed by atoms with Gasteiger partial charge in [0.05, 0.1) is 0 Å². The van der Waals surface area contributed by atoms with Crippen molar-refractivity contribution in [3.8, 4) is 0 Å². The highest BCUT2D eigenvalue weighted by Crippen LogP contribution is 2.23. The van der Waals surface area contributed by atoms with Crippen molar-refractivity contribution in [2.45, 2.75) is 53.4 Å². The van der Waals surface area contributed by atoms with E-state index in [4.69, 9.17) is 0 Å². The molecule has 0 heterocycles. The molecule has 0 fully saturated rings. The molecule has 116 valence electrons. The Labute approximate surface area is 129 Å². The van der Waals surface area contributed by atoms with E-state index in [0.717, 1.165) is 18.5 Å². The van der Waals surface area contributed by atoms with Crippen LogP contribution in [0.4, 0.5) is 0 Å². The highest BCUT2D eigenvalue weighted by molar-refractivity contribution is 5.94. The van der Waals surface area contributed by atoms with Gasteiger partial charge in [-0.25, -0.2) is 0 Å². The Morgan fingerprint density at radius 2 is 1.67 bits per heavy atom. The van der Waals surface area contributed by atoms with Crippen LogP contribution in [0.3, 0.4) is 0 Å². The third kappa shape index (κ3) is 4.09. The molecule has 0 spiro atoms. The number of fused-ring (bicyclic) bond motifs is 1. The molecule has 1 N–H and O–H groups in total. The molecule has 1 amide bonds. The van der Waals surface area contributed by atoms with E-state index < -0.39 is 0 Å². The number of aryl methyl sites for hydroxylation is 2. The van der Waals surface area contributed by atoms with E-state index in [-0.39, 0.29) is 5.91 Å². The van der Waals surface area contributed by atoms with E-state index in [0.29, 0.717) is 17.8 Å². The van der Waals surface area contributed by atoms with Crippen LogP contribution in [0.2, 0.25) is 0 Å². The molecule has 0 saturated carbocycles. The van der Waals surface area contributed by atoms with Crippen LogP contribution >= 0.6 is 0 Å². The third-order valence-electron chi connectivity index (χ3n) is 4.82. The van der Waals surface area contributed by atoms with Crippen molar-refractivity contribution < 1.29 is 4.79 Å². The molecule has 0 atom stereocenters. The summed E-state index contributed by atoms with van der Waals surface area (Å²) in [4.78, 5) is 12.4. The molecule has 2 heteroatoms. The maximum atomic E-state index is 12.4. The predicted octanol–water partition coefficient (Wildman–Crippen LogP) is 4.22. The van der Waals surface area contributed by atoms with Gasteiger partial charge in [-0.15, -0.1) is 0 Å². The first-order valence-electron chi connectivity index (χ1n) is 8.39. The van der Waals surface area contributed by atoms with Gasteiger partial charge in [0, 0.05) is 12.1 Å². The van der Waals surface area contributed by atoms with Crippen molar-refractivity contribution in [2.24, 2.45) is 17.8 Å². The van der Waals surface area contributed by atoms with Crippen LogP contribution in [0.15, 0.2) is 18.2 Å². The van der Waals surface area contributed by atoms with E-state index in [9.17, 15) is 4.79 Å². The summed E-state index contributed by atoms with van der Waals surface area (Å²) >= 11 is 0. The van der Waals surface area contributed by atoms with Crippen LogP contribution in [0.5, 0.6) is 0 Å². The van der Waals surface area contributed by atoms with Gasteiger partial charge in [-0.2, -0.15) is 0 Å². The van der Waals surface area contributed by atoms with E-state index in [1.165, 1.54) is 30.4 Å². The number of amides is 1. The van der Waals surface area contributed by atoms with E-state index in [1.54, 1.807) is 0 Å². The number of benzene rings is 1. The quantitative estimate of drug-likeness (QED) is 0.863. The molecule has 0 saturated heterocycles. The molecule has 0 aromatic heterocycles. The van der Waals surface area contributed by atoms with Crippen LogP contribution in [0, 0.1) is 17.8 Å². The normalized spacial score (nSPS) is 14.6. The van der Waals surface area contributed by atoms with Crippen LogP contribution in [-0.4, -0.2) is 12.5 Å². The molecule has 0 bridgehead atoms. The topological polar surface area (TPSA) is 29.1 Å². The lowest BCUT2D eigenvalue weighted by atomic mass is 9.85. The zero-order valence-corrected chi connectivity index (χ0v) is 13.9. The number of carbonyl (C=O) groups is 1. The summed E-state index contributed by atoms with van der Waals surface area (Å²) in [6.45, 7) is 9.70. The minimum absolute atomic E-state index is 0.0784. The van der Waals surface area contributed by atoms with Crippen molar-refractivity contribution in [2.75, 3.05) is 6.54 Å². The Kier molecular flexibility index (Phi) is 5.44. The zero-order chi connectivity index (χ0) is 15.4. The Balaban J connectivity index is 2.00. The molecule has 0 aliphatic heterocycles. The van der Waals surface area contributed by atoms with Crippen LogP contribution < -0.4 is 5.32 Å². The summed E-state index contributed by atoms with van der Waals surface area (Å²) in [5, 5.41) is 3.13. The molecular formula is C19H29NO. The molecule has 1 aliphatic rings. The summed E-state index contributed by atoms with van der Waals surface area (Å²) in [5.41, 5.74) is 3.63. The Morgan fingerprint density at radius 1 is 1.05 bits per heavy atom. The first-order valence-corrected chi connectivity index (χ1v) is 8.39. The van der Waals surface area contributed by atoms with E-state index in [1.807, 2.05) is 6.07 Å². The lowest BCUT2D eigenvalue weighted by Gasteiger charge is -2.25. The monoisotopic (exact) mass is 287 g/mol. The lowest BCUT2D eigenvalue weighted by Crippen LogP contribution is -2.34. The minimum atomic E-state index is 0.0784. The minimum Gasteiger partial charge on any atom is -0.352 e. The number of hydrogen-bond acceptors (Lipinski definition) is 1. The fourth-order valence-corrected chi connectivity index (χ4v) is 3.43. The molecule has 0 unspecified atom stereocenters. The fraction of sp³-hybridized carbons (Fsp3) is 0.632. The van der Waals surface area contributed by atoms with Crippen LogP contribution in [-0.2, 0) is 12.8 Å². The van der Waals surface area contributed by atoms with Gasteiger partial charge in [0.2, 0.25) is 0 Å². The third-order valence-corrected chi connectivity index (χ3v) is 4.82. The Hall–Kier alpha value is -1.31.